The second-order valence-electron chi connectivity index (χ2n) is 8.94. The highest BCUT2D eigenvalue weighted by atomic mass is 16.5. The van der Waals surface area contributed by atoms with Gasteiger partial charge >= 0.3 is 0 Å². The van der Waals surface area contributed by atoms with Crippen LogP contribution in [0.15, 0.2) is 0 Å². The summed E-state index contributed by atoms with van der Waals surface area (Å²) < 4.78 is 5.56. The van der Waals surface area contributed by atoms with Crippen molar-refractivity contribution in [2.75, 3.05) is 31.2 Å². The van der Waals surface area contributed by atoms with Crippen LogP contribution in [0, 0.1) is 12.8 Å². The van der Waals surface area contributed by atoms with E-state index in [9.17, 15) is 4.79 Å². The molecule has 1 aromatic heterocycles. The number of aryl methyl sites for hydroxylation is 1. The van der Waals surface area contributed by atoms with Crippen LogP contribution in [0.5, 0.6) is 0 Å². The Balaban J connectivity index is 1.63. The summed E-state index contributed by atoms with van der Waals surface area (Å²) in [4.78, 5) is 27.2. The molecule has 3 aliphatic rings. The van der Waals surface area contributed by atoms with E-state index in [-0.39, 0.29) is 11.9 Å². The highest BCUT2D eigenvalue weighted by Crippen LogP contribution is 2.37. The zero-order valence-corrected chi connectivity index (χ0v) is 17.6. The lowest BCUT2D eigenvalue weighted by molar-refractivity contribution is -0.119. The Kier molecular flexibility index (Phi) is 5.97. The van der Waals surface area contributed by atoms with Crippen LogP contribution in [0.4, 0.5) is 5.82 Å². The summed E-state index contributed by atoms with van der Waals surface area (Å²) in [6.07, 6.45) is 6.84. The molecule has 6 heteroatoms. The van der Waals surface area contributed by atoms with E-state index in [1.807, 2.05) is 4.90 Å². The Labute approximate surface area is 168 Å². The van der Waals surface area contributed by atoms with Gasteiger partial charge in [-0.25, -0.2) is 9.97 Å². The van der Waals surface area contributed by atoms with Crippen molar-refractivity contribution in [1.29, 1.82) is 0 Å². The number of carbonyl (C=O) groups excluding carboxylic acids is 1. The maximum absolute atomic E-state index is 12.7. The molecule has 0 N–H and O–H groups in total. The molecule has 0 radical (unpaired) electrons. The minimum Gasteiger partial charge on any atom is -0.381 e. The number of hydrogen-bond acceptors (Lipinski definition) is 5. The molecule has 6 nitrogen and oxygen atoms in total. The van der Waals surface area contributed by atoms with E-state index in [2.05, 4.69) is 25.7 Å². The molecule has 0 aliphatic carbocycles. The summed E-state index contributed by atoms with van der Waals surface area (Å²) in [5, 5.41) is 0. The molecule has 0 bridgehead atoms. The predicted molar refractivity (Wildman–Crippen MR) is 109 cm³/mol. The molecule has 154 valence electrons. The van der Waals surface area contributed by atoms with Gasteiger partial charge in [-0.2, -0.15) is 0 Å². The Morgan fingerprint density at radius 2 is 1.93 bits per heavy atom. The Hall–Kier alpha value is -1.53. The zero-order chi connectivity index (χ0) is 19.7. The van der Waals surface area contributed by atoms with Gasteiger partial charge in [0.05, 0.1) is 6.04 Å². The van der Waals surface area contributed by atoms with Crippen LogP contribution >= 0.6 is 0 Å². The maximum Gasteiger partial charge on any atom is 0.228 e. The number of nitrogens with zero attached hydrogens (tertiary/aromatic N) is 4. The first-order valence-electron chi connectivity index (χ1n) is 11.1. The molecule has 1 amide bonds. The zero-order valence-electron chi connectivity index (χ0n) is 17.6. The van der Waals surface area contributed by atoms with Crippen molar-refractivity contribution in [3.63, 3.8) is 0 Å². The van der Waals surface area contributed by atoms with Crippen LogP contribution in [0.2, 0.25) is 0 Å². The third-order valence-electron chi connectivity index (χ3n) is 6.54. The summed E-state index contributed by atoms with van der Waals surface area (Å²) in [6.45, 7) is 10.1. The molecular formula is C22H34N4O2. The highest BCUT2D eigenvalue weighted by Gasteiger charge is 2.36. The molecule has 1 atom stereocenters. The van der Waals surface area contributed by atoms with Crippen LogP contribution in [0.3, 0.4) is 0 Å². The number of hydrogen-bond donors (Lipinski definition) is 0. The normalized spacial score (nSPS) is 24.2. The fourth-order valence-electron chi connectivity index (χ4n) is 4.89. The molecule has 1 aromatic rings. The minimum absolute atomic E-state index is 0.213. The molecule has 28 heavy (non-hydrogen) atoms. The van der Waals surface area contributed by atoms with Crippen molar-refractivity contribution < 1.29 is 9.53 Å². The monoisotopic (exact) mass is 386 g/mol. The molecule has 0 aromatic carbocycles. The van der Waals surface area contributed by atoms with Crippen molar-refractivity contribution in [2.24, 2.45) is 5.92 Å². The first kappa shape index (κ1) is 19.8. The van der Waals surface area contributed by atoms with Gasteiger partial charge < -0.3 is 4.74 Å². The average molecular weight is 387 g/mol. The summed E-state index contributed by atoms with van der Waals surface area (Å²) in [5.41, 5.74) is 2.23. The lowest BCUT2D eigenvalue weighted by Gasteiger charge is -2.36. The van der Waals surface area contributed by atoms with Crippen molar-refractivity contribution >= 4 is 11.7 Å². The third-order valence-corrected chi connectivity index (χ3v) is 6.54. The largest absolute Gasteiger partial charge is 0.381 e. The van der Waals surface area contributed by atoms with Crippen molar-refractivity contribution in [1.82, 2.24) is 14.9 Å². The fraction of sp³-hybridized carbons (Fsp3) is 0.773. The van der Waals surface area contributed by atoms with Gasteiger partial charge in [0.25, 0.3) is 0 Å². The second kappa shape index (κ2) is 8.46. The third kappa shape index (κ3) is 3.94. The number of rotatable bonds is 5. The van der Waals surface area contributed by atoms with Crippen LogP contribution < -0.4 is 4.90 Å². The number of ether oxygens (including phenoxy) is 1. The predicted octanol–water partition coefficient (Wildman–Crippen LogP) is 3.43. The van der Waals surface area contributed by atoms with Crippen LogP contribution in [0.1, 0.15) is 75.5 Å². The van der Waals surface area contributed by atoms with Gasteiger partial charge in [0.1, 0.15) is 11.6 Å². The van der Waals surface area contributed by atoms with E-state index in [1.165, 1.54) is 12.0 Å². The summed E-state index contributed by atoms with van der Waals surface area (Å²) in [6, 6.07) is 0.843. The van der Waals surface area contributed by atoms with E-state index in [0.29, 0.717) is 18.4 Å². The van der Waals surface area contributed by atoms with Crippen LogP contribution in [-0.2, 0) is 16.0 Å². The van der Waals surface area contributed by atoms with E-state index in [4.69, 9.17) is 14.7 Å². The first-order valence-corrected chi connectivity index (χ1v) is 11.1. The van der Waals surface area contributed by atoms with Crippen molar-refractivity contribution in [3.05, 3.63) is 17.1 Å². The van der Waals surface area contributed by atoms with Gasteiger partial charge in [0, 0.05) is 43.5 Å². The number of amides is 1. The van der Waals surface area contributed by atoms with Gasteiger partial charge in [-0.05, 0) is 57.9 Å². The van der Waals surface area contributed by atoms with Gasteiger partial charge in [-0.3, -0.25) is 14.6 Å². The molecule has 4 heterocycles. The number of likely N-dealkylation sites (tertiary alicyclic amines) is 1. The molecule has 0 saturated carbocycles. The Morgan fingerprint density at radius 1 is 1.14 bits per heavy atom. The van der Waals surface area contributed by atoms with Crippen molar-refractivity contribution in [2.45, 2.75) is 77.8 Å². The van der Waals surface area contributed by atoms with Gasteiger partial charge in [-0.15, -0.1) is 0 Å². The summed E-state index contributed by atoms with van der Waals surface area (Å²) in [5.74, 6) is 2.59. The minimum atomic E-state index is 0.213. The number of anilines is 1. The smallest absolute Gasteiger partial charge is 0.228 e. The molecule has 0 unspecified atom stereocenters. The van der Waals surface area contributed by atoms with E-state index in [0.717, 1.165) is 75.7 Å². The maximum atomic E-state index is 12.7. The fourth-order valence-corrected chi connectivity index (χ4v) is 4.89. The number of aromatic nitrogens is 2. The summed E-state index contributed by atoms with van der Waals surface area (Å²) in [7, 11) is 0. The first-order chi connectivity index (χ1) is 13.5. The van der Waals surface area contributed by atoms with E-state index >= 15 is 0 Å². The molecule has 2 fully saturated rings. The highest BCUT2D eigenvalue weighted by molar-refractivity contribution is 5.95. The SMILES string of the molecule is Cc1nc([C@@H]2CCCN2C2CCOCC2)nc2c1CCC(=O)N2CCC(C)C. The number of fused-ring (bicyclic) bond motifs is 1. The molecular weight excluding hydrogens is 352 g/mol. The topological polar surface area (TPSA) is 58.6 Å². The van der Waals surface area contributed by atoms with Crippen LogP contribution in [0.25, 0.3) is 0 Å². The average Bonchev–Trinajstić information content (AvgIpc) is 3.17. The van der Waals surface area contributed by atoms with Gasteiger partial charge in [0.2, 0.25) is 5.91 Å². The molecule has 2 saturated heterocycles. The van der Waals surface area contributed by atoms with Crippen LogP contribution in [-0.4, -0.2) is 53.1 Å². The second-order valence-corrected chi connectivity index (χ2v) is 8.94. The van der Waals surface area contributed by atoms with E-state index < -0.39 is 0 Å². The van der Waals surface area contributed by atoms with Gasteiger partial charge in [0.15, 0.2) is 0 Å². The molecule has 3 aliphatic heterocycles. The lowest BCUT2D eigenvalue weighted by Crippen LogP contribution is -2.41. The molecule has 0 spiro atoms. The molecule has 4 rings (SSSR count). The van der Waals surface area contributed by atoms with Gasteiger partial charge in [-0.1, -0.05) is 13.8 Å². The number of carbonyl (C=O) groups is 1. The quantitative estimate of drug-likeness (QED) is 0.776. The summed E-state index contributed by atoms with van der Waals surface area (Å²) >= 11 is 0. The Morgan fingerprint density at radius 3 is 2.68 bits per heavy atom. The van der Waals surface area contributed by atoms with Crippen molar-refractivity contribution in [3.8, 4) is 0 Å². The van der Waals surface area contributed by atoms with E-state index in [1.54, 1.807) is 0 Å². The lowest BCUT2D eigenvalue weighted by atomic mass is 10.0. The standard InChI is InChI=1S/C22H34N4O2/c1-15(2)8-12-26-20(27)7-6-18-16(3)23-21(24-22(18)26)19-5-4-11-25(19)17-9-13-28-14-10-17/h15,17,19H,4-14H2,1-3H3/t19-/m0/s1. The Bertz CT molecular complexity index is 715.